The zero-order valence-electron chi connectivity index (χ0n) is 15.3. The maximum atomic E-state index is 13.0. The van der Waals surface area contributed by atoms with Gasteiger partial charge in [0, 0.05) is 26.6 Å². The maximum absolute atomic E-state index is 13.0. The number of hydrogen-bond acceptors (Lipinski definition) is 5. The zero-order valence-corrected chi connectivity index (χ0v) is 15.3. The fourth-order valence-corrected chi connectivity index (χ4v) is 3.08. The van der Waals surface area contributed by atoms with Crippen molar-refractivity contribution >= 4 is 23.4 Å². The van der Waals surface area contributed by atoms with Gasteiger partial charge in [-0.15, -0.1) is 0 Å². The molecule has 1 atom stereocenters. The lowest BCUT2D eigenvalue weighted by molar-refractivity contribution is -0.152. The Hall–Kier alpha value is -1.96. The fourth-order valence-electron chi connectivity index (χ4n) is 3.08. The van der Waals surface area contributed by atoms with Crippen LogP contribution in [0, 0.1) is 5.41 Å². The van der Waals surface area contributed by atoms with E-state index < -0.39 is 11.0 Å². The molecule has 0 aromatic heterocycles. The first kappa shape index (κ1) is 18.4. The van der Waals surface area contributed by atoms with E-state index in [0.717, 1.165) is 5.71 Å². The highest BCUT2D eigenvalue weighted by atomic mass is 16.2. The predicted octanol–water partition coefficient (Wildman–Crippen LogP) is -0.491. The number of hydrazone groups is 1. The van der Waals surface area contributed by atoms with Crippen molar-refractivity contribution in [3.8, 4) is 0 Å². The quantitative estimate of drug-likeness (QED) is 0.750. The zero-order chi connectivity index (χ0) is 18.3. The van der Waals surface area contributed by atoms with Crippen molar-refractivity contribution in [1.29, 1.82) is 0 Å². The highest BCUT2D eigenvalue weighted by molar-refractivity contribution is 6.13. The molecule has 134 valence electrons. The average molecular weight is 337 g/mol. The lowest BCUT2D eigenvalue weighted by Crippen LogP contribution is -2.61. The molecule has 2 aliphatic rings. The van der Waals surface area contributed by atoms with Crippen LogP contribution in [0.3, 0.4) is 0 Å². The Kier molecular flexibility index (Phi) is 4.72. The first-order valence-corrected chi connectivity index (χ1v) is 8.08. The van der Waals surface area contributed by atoms with Crippen LogP contribution in [-0.4, -0.2) is 84.4 Å². The molecule has 0 bridgehead atoms. The number of piperidine rings is 1. The summed E-state index contributed by atoms with van der Waals surface area (Å²) in [6.07, 6.45) is 0.562. The third kappa shape index (κ3) is 3.02. The van der Waals surface area contributed by atoms with E-state index in [1.807, 2.05) is 21.0 Å². The molecular weight excluding hydrogens is 310 g/mol. The second-order valence-electron chi connectivity index (χ2n) is 7.56. The third-order valence-electron chi connectivity index (χ3n) is 5.03. The second-order valence-corrected chi connectivity index (χ2v) is 7.56. The van der Waals surface area contributed by atoms with Crippen molar-refractivity contribution in [1.82, 2.24) is 20.1 Å². The molecule has 1 unspecified atom stereocenters. The summed E-state index contributed by atoms with van der Waals surface area (Å²) in [5.74, 6) is -0.454. The SMILES string of the molecule is CN(C)CC(=O)N(C)C(C)(C)C(=O)N1CCC2=NNC(=O)C2(C)C1. The van der Waals surface area contributed by atoms with Crippen molar-refractivity contribution < 1.29 is 14.4 Å². The molecule has 3 amide bonds. The van der Waals surface area contributed by atoms with Gasteiger partial charge in [-0.3, -0.25) is 14.4 Å². The maximum Gasteiger partial charge on any atom is 0.253 e. The molecule has 0 aliphatic carbocycles. The Morgan fingerprint density at radius 3 is 2.54 bits per heavy atom. The number of carbonyl (C=O) groups is 3. The van der Waals surface area contributed by atoms with E-state index in [1.165, 1.54) is 4.90 Å². The van der Waals surface area contributed by atoms with E-state index in [-0.39, 0.29) is 30.8 Å². The monoisotopic (exact) mass is 337 g/mol. The molecule has 1 saturated heterocycles. The van der Waals surface area contributed by atoms with E-state index >= 15 is 0 Å². The molecule has 24 heavy (non-hydrogen) atoms. The summed E-state index contributed by atoms with van der Waals surface area (Å²) < 4.78 is 0. The van der Waals surface area contributed by atoms with Gasteiger partial charge >= 0.3 is 0 Å². The Labute approximate surface area is 142 Å². The molecule has 0 radical (unpaired) electrons. The second kappa shape index (κ2) is 6.16. The van der Waals surface area contributed by atoms with Crippen LogP contribution in [0.5, 0.6) is 0 Å². The Morgan fingerprint density at radius 1 is 1.33 bits per heavy atom. The summed E-state index contributed by atoms with van der Waals surface area (Å²) >= 11 is 0. The minimum Gasteiger partial charge on any atom is -0.339 e. The van der Waals surface area contributed by atoms with E-state index in [2.05, 4.69) is 10.5 Å². The van der Waals surface area contributed by atoms with Gasteiger partial charge in [-0.2, -0.15) is 5.10 Å². The fraction of sp³-hybridized carbons (Fsp3) is 0.750. The van der Waals surface area contributed by atoms with E-state index in [1.54, 1.807) is 30.7 Å². The van der Waals surface area contributed by atoms with Crippen molar-refractivity contribution in [3.63, 3.8) is 0 Å². The Morgan fingerprint density at radius 2 is 1.96 bits per heavy atom. The predicted molar refractivity (Wildman–Crippen MR) is 90.3 cm³/mol. The molecule has 0 aromatic carbocycles. The summed E-state index contributed by atoms with van der Waals surface area (Å²) in [6, 6.07) is 0. The highest BCUT2D eigenvalue weighted by Gasteiger charge is 2.50. The standard InChI is InChI=1S/C16H27N5O3/c1-15(2,20(6)12(22)9-19(4)5)14(24)21-8-7-11-16(3,10-21)13(23)18-17-11/h7-10H2,1-6H3,(H,18,23). The molecule has 0 saturated carbocycles. The minimum atomic E-state index is -0.979. The first-order valence-electron chi connectivity index (χ1n) is 8.08. The largest absolute Gasteiger partial charge is 0.339 e. The van der Waals surface area contributed by atoms with Gasteiger partial charge in [0.25, 0.3) is 5.91 Å². The Balaban J connectivity index is 2.14. The number of likely N-dealkylation sites (tertiary alicyclic amines) is 1. The number of fused-ring (bicyclic) bond motifs is 1. The smallest absolute Gasteiger partial charge is 0.253 e. The Bertz CT molecular complexity index is 599. The van der Waals surface area contributed by atoms with Gasteiger partial charge in [0.15, 0.2) is 0 Å². The van der Waals surface area contributed by atoms with Crippen LogP contribution in [0.1, 0.15) is 27.2 Å². The number of hydrogen-bond donors (Lipinski definition) is 1. The number of nitrogens with zero attached hydrogens (tertiary/aromatic N) is 4. The molecule has 1 N–H and O–H groups in total. The average Bonchev–Trinajstić information content (AvgIpc) is 2.79. The van der Waals surface area contributed by atoms with Gasteiger partial charge in [0.2, 0.25) is 11.8 Å². The molecule has 0 spiro atoms. The lowest BCUT2D eigenvalue weighted by atomic mass is 9.79. The van der Waals surface area contributed by atoms with Crippen molar-refractivity contribution in [3.05, 3.63) is 0 Å². The van der Waals surface area contributed by atoms with Crippen LogP contribution >= 0.6 is 0 Å². The van der Waals surface area contributed by atoms with Crippen LogP contribution < -0.4 is 5.43 Å². The van der Waals surface area contributed by atoms with Crippen molar-refractivity contribution in [2.24, 2.45) is 10.5 Å². The normalized spacial score (nSPS) is 23.7. The number of rotatable bonds is 4. The first-order chi connectivity index (χ1) is 11.0. The van der Waals surface area contributed by atoms with Gasteiger partial charge < -0.3 is 14.7 Å². The van der Waals surface area contributed by atoms with Gasteiger partial charge in [0.1, 0.15) is 11.0 Å². The van der Waals surface area contributed by atoms with E-state index in [4.69, 9.17) is 0 Å². The summed E-state index contributed by atoms with van der Waals surface area (Å²) in [4.78, 5) is 42.4. The summed E-state index contributed by atoms with van der Waals surface area (Å²) in [5.41, 5.74) is 1.55. The molecule has 8 heteroatoms. The summed E-state index contributed by atoms with van der Waals surface area (Å²) in [5, 5.41) is 4.07. The van der Waals surface area contributed by atoms with Crippen molar-refractivity contribution in [2.45, 2.75) is 32.7 Å². The topological polar surface area (TPSA) is 85.3 Å². The van der Waals surface area contributed by atoms with Crippen molar-refractivity contribution in [2.75, 3.05) is 40.8 Å². The molecule has 2 heterocycles. The van der Waals surface area contributed by atoms with Gasteiger partial charge in [-0.1, -0.05) is 0 Å². The van der Waals surface area contributed by atoms with Crippen LogP contribution in [0.4, 0.5) is 0 Å². The number of likely N-dealkylation sites (N-methyl/N-ethyl adjacent to an activating group) is 2. The van der Waals surface area contributed by atoms with Crippen LogP contribution in [0.15, 0.2) is 5.10 Å². The minimum absolute atomic E-state index is 0.123. The van der Waals surface area contributed by atoms with E-state index in [0.29, 0.717) is 13.0 Å². The highest BCUT2D eigenvalue weighted by Crippen LogP contribution is 2.32. The summed E-state index contributed by atoms with van der Waals surface area (Å²) in [6.45, 7) is 6.32. The summed E-state index contributed by atoms with van der Waals surface area (Å²) in [7, 11) is 5.27. The van der Waals surface area contributed by atoms with Gasteiger partial charge in [-0.05, 0) is 34.9 Å². The number of amides is 3. The van der Waals surface area contributed by atoms with Crippen LogP contribution in [0.2, 0.25) is 0 Å². The molecule has 8 nitrogen and oxygen atoms in total. The molecule has 2 rings (SSSR count). The van der Waals surface area contributed by atoms with E-state index in [9.17, 15) is 14.4 Å². The van der Waals surface area contributed by atoms with Crippen LogP contribution in [0.25, 0.3) is 0 Å². The molecular formula is C16H27N5O3. The number of nitrogens with one attached hydrogen (secondary N) is 1. The third-order valence-corrected chi connectivity index (χ3v) is 5.03. The van der Waals surface area contributed by atoms with Crippen LogP contribution in [-0.2, 0) is 14.4 Å². The molecule has 0 aromatic rings. The lowest BCUT2D eigenvalue weighted by Gasteiger charge is -2.43. The molecule has 2 aliphatic heterocycles. The van der Waals surface area contributed by atoms with Gasteiger partial charge in [0.05, 0.1) is 12.3 Å². The number of carbonyl (C=O) groups excluding carboxylic acids is 3. The van der Waals surface area contributed by atoms with Gasteiger partial charge in [-0.25, -0.2) is 5.43 Å². The molecule has 1 fully saturated rings.